The molecule has 0 radical (unpaired) electrons. The van der Waals surface area contributed by atoms with Crippen molar-refractivity contribution in [3.63, 3.8) is 0 Å². The van der Waals surface area contributed by atoms with Crippen LogP contribution in [0.1, 0.15) is 32.9 Å². The number of hydrogen-bond donors (Lipinski definition) is 1. The van der Waals surface area contributed by atoms with Crippen LogP contribution in [0.2, 0.25) is 0 Å². The first-order chi connectivity index (χ1) is 6.47. The zero-order valence-corrected chi connectivity index (χ0v) is 8.83. The number of nitrogens with zero attached hydrogens (tertiary/aromatic N) is 1. The third-order valence-corrected chi connectivity index (χ3v) is 1.64. The van der Waals surface area contributed by atoms with Crippen LogP contribution in [-0.4, -0.2) is 10.9 Å². The van der Waals surface area contributed by atoms with Crippen LogP contribution in [0, 0.1) is 5.41 Å². The van der Waals surface area contributed by atoms with E-state index in [4.69, 9.17) is 4.42 Å². The molecule has 0 bridgehead atoms. The van der Waals surface area contributed by atoms with E-state index in [1.807, 2.05) is 20.8 Å². The molecule has 78 valence electrons. The zero-order chi connectivity index (χ0) is 10.6. The van der Waals surface area contributed by atoms with Crippen LogP contribution in [0.4, 0.5) is 0 Å². The average Bonchev–Trinajstić information content (AvgIpc) is 2.49. The summed E-state index contributed by atoms with van der Waals surface area (Å²) < 4.78 is 4.79. The molecule has 0 aliphatic heterocycles. The number of aromatic nitrogens is 1. The van der Waals surface area contributed by atoms with Gasteiger partial charge in [0, 0.05) is 6.42 Å². The fourth-order valence-corrected chi connectivity index (χ4v) is 1.06. The molecule has 1 rings (SSSR count). The van der Waals surface area contributed by atoms with Crippen molar-refractivity contribution in [2.45, 2.75) is 33.7 Å². The van der Waals surface area contributed by atoms with Gasteiger partial charge in [0.2, 0.25) is 5.91 Å². The van der Waals surface area contributed by atoms with Gasteiger partial charge in [-0.15, -0.1) is 0 Å². The van der Waals surface area contributed by atoms with Crippen molar-refractivity contribution in [1.29, 1.82) is 0 Å². The number of rotatable bonds is 3. The van der Waals surface area contributed by atoms with E-state index in [0.717, 1.165) is 5.69 Å². The van der Waals surface area contributed by atoms with Crippen molar-refractivity contribution in [3.8, 4) is 0 Å². The van der Waals surface area contributed by atoms with Gasteiger partial charge in [0.25, 0.3) is 0 Å². The zero-order valence-electron chi connectivity index (χ0n) is 8.83. The Balaban J connectivity index is 2.29. The van der Waals surface area contributed by atoms with Gasteiger partial charge in [0.15, 0.2) is 6.39 Å². The van der Waals surface area contributed by atoms with Gasteiger partial charge in [0.05, 0.1) is 12.2 Å². The summed E-state index contributed by atoms with van der Waals surface area (Å²) in [5, 5.41) is 2.78. The Kier molecular flexibility index (Phi) is 3.28. The first kappa shape index (κ1) is 10.8. The Morgan fingerprint density at radius 3 is 2.79 bits per heavy atom. The maximum absolute atomic E-state index is 11.4. The van der Waals surface area contributed by atoms with Gasteiger partial charge in [-0.1, -0.05) is 20.8 Å². The lowest BCUT2D eigenvalue weighted by atomic mass is 9.92. The Hall–Kier alpha value is -1.32. The molecule has 0 saturated heterocycles. The number of carbonyl (C=O) groups excluding carboxylic acids is 1. The van der Waals surface area contributed by atoms with Gasteiger partial charge in [-0.05, 0) is 5.41 Å². The lowest BCUT2D eigenvalue weighted by Crippen LogP contribution is -2.27. The van der Waals surface area contributed by atoms with Crippen LogP contribution in [0.15, 0.2) is 17.1 Å². The normalized spacial score (nSPS) is 11.4. The summed E-state index contributed by atoms with van der Waals surface area (Å²) in [6.07, 6.45) is 3.40. The number of oxazole rings is 1. The first-order valence-corrected chi connectivity index (χ1v) is 4.61. The van der Waals surface area contributed by atoms with Crippen LogP contribution in [0.3, 0.4) is 0 Å². The van der Waals surface area contributed by atoms with Gasteiger partial charge >= 0.3 is 0 Å². The number of amides is 1. The van der Waals surface area contributed by atoms with Crippen LogP contribution in [0.25, 0.3) is 0 Å². The standard InChI is InChI=1S/C10H16N2O2/c1-10(2,3)4-9(13)11-5-8-6-14-7-12-8/h6-7H,4-5H2,1-3H3,(H,11,13). The molecule has 1 N–H and O–H groups in total. The molecule has 1 aromatic rings. The third-order valence-electron chi connectivity index (χ3n) is 1.64. The summed E-state index contributed by atoms with van der Waals surface area (Å²) in [6.45, 7) is 6.53. The monoisotopic (exact) mass is 196 g/mol. The van der Waals surface area contributed by atoms with Crippen molar-refractivity contribution in [2.24, 2.45) is 5.41 Å². The highest BCUT2D eigenvalue weighted by Crippen LogP contribution is 2.17. The number of nitrogens with one attached hydrogen (secondary N) is 1. The summed E-state index contributed by atoms with van der Waals surface area (Å²) in [7, 11) is 0. The minimum absolute atomic E-state index is 0.0217. The predicted molar refractivity (Wildman–Crippen MR) is 52.4 cm³/mol. The van der Waals surface area contributed by atoms with E-state index in [2.05, 4.69) is 10.3 Å². The van der Waals surface area contributed by atoms with Crippen molar-refractivity contribution in [2.75, 3.05) is 0 Å². The van der Waals surface area contributed by atoms with E-state index in [1.165, 1.54) is 12.7 Å². The maximum atomic E-state index is 11.4. The molecule has 1 amide bonds. The fraction of sp³-hybridized carbons (Fsp3) is 0.600. The Bertz CT molecular complexity index is 286. The summed E-state index contributed by atoms with van der Waals surface area (Å²) in [5.74, 6) is 0.0421. The van der Waals surface area contributed by atoms with Crippen LogP contribution >= 0.6 is 0 Å². The first-order valence-electron chi connectivity index (χ1n) is 4.61. The smallest absolute Gasteiger partial charge is 0.220 e. The van der Waals surface area contributed by atoms with E-state index in [0.29, 0.717) is 13.0 Å². The Labute approximate surface area is 83.7 Å². The molecule has 0 atom stereocenters. The van der Waals surface area contributed by atoms with Crippen molar-refractivity contribution in [3.05, 3.63) is 18.4 Å². The van der Waals surface area contributed by atoms with E-state index in [1.54, 1.807) is 0 Å². The summed E-state index contributed by atoms with van der Waals surface area (Å²) >= 11 is 0. The van der Waals surface area contributed by atoms with Crippen molar-refractivity contribution < 1.29 is 9.21 Å². The van der Waals surface area contributed by atoms with Gasteiger partial charge in [-0.2, -0.15) is 0 Å². The topological polar surface area (TPSA) is 55.1 Å². The van der Waals surface area contributed by atoms with Crippen LogP contribution in [0.5, 0.6) is 0 Å². The summed E-state index contributed by atoms with van der Waals surface area (Å²) in [5.41, 5.74) is 0.765. The van der Waals surface area contributed by atoms with Gasteiger partial charge in [-0.3, -0.25) is 4.79 Å². The fourth-order valence-electron chi connectivity index (χ4n) is 1.06. The molecule has 4 nitrogen and oxygen atoms in total. The quantitative estimate of drug-likeness (QED) is 0.800. The minimum Gasteiger partial charge on any atom is -0.451 e. The molecule has 0 saturated carbocycles. The van der Waals surface area contributed by atoms with E-state index in [-0.39, 0.29) is 11.3 Å². The second kappa shape index (κ2) is 4.26. The number of carbonyl (C=O) groups is 1. The molecule has 1 heterocycles. The van der Waals surface area contributed by atoms with Gasteiger partial charge in [0.1, 0.15) is 6.26 Å². The van der Waals surface area contributed by atoms with Crippen molar-refractivity contribution >= 4 is 5.91 Å². The summed E-state index contributed by atoms with van der Waals surface area (Å²) in [6, 6.07) is 0. The van der Waals surface area contributed by atoms with Crippen LogP contribution in [-0.2, 0) is 11.3 Å². The number of hydrogen-bond acceptors (Lipinski definition) is 3. The molecule has 0 aliphatic rings. The highest BCUT2D eigenvalue weighted by Gasteiger charge is 2.15. The summed E-state index contributed by atoms with van der Waals surface area (Å²) in [4.78, 5) is 15.3. The predicted octanol–water partition coefficient (Wildman–Crippen LogP) is 1.73. The molecule has 0 aliphatic carbocycles. The lowest BCUT2D eigenvalue weighted by Gasteiger charge is -2.16. The lowest BCUT2D eigenvalue weighted by molar-refractivity contribution is -0.122. The highest BCUT2D eigenvalue weighted by molar-refractivity contribution is 5.76. The van der Waals surface area contributed by atoms with E-state index >= 15 is 0 Å². The molecule has 1 aromatic heterocycles. The highest BCUT2D eigenvalue weighted by atomic mass is 16.3. The third kappa shape index (κ3) is 4.07. The molecule has 0 fully saturated rings. The molecule has 0 aromatic carbocycles. The van der Waals surface area contributed by atoms with E-state index < -0.39 is 0 Å². The largest absolute Gasteiger partial charge is 0.451 e. The second-order valence-electron chi connectivity index (χ2n) is 4.49. The van der Waals surface area contributed by atoms with Gasteiger partial charge in [-0.25, -0.2) is 4.98 Å². The molecular formula is C10H16N2O2. The molecular weight excluding hydrogens is 180 g/mol. The minimum atomic E-state index is 0.0217. The maximum Gasteiger partial charge on any atom is 0.220 e. The second-order valence-corrected chi connectivity index (χ2v) is 4.49. The van der Waals surface area contributed by atoms with Crippen molar-refractivity contribution in [1.82, 2.24) is 10.3 Å². The molecule has 0 spiro atoms. The Morgan fingerprint density at radius 1 is 1.57 bits per heavy atom. The molecule has 4 heteroatoms. The van der Waals surface area contributed by atoms with Gasteiger partial charge < -0.3 is 9.73 Å². The Morgan fingerprint density at radius 2 is 2.29 bits per heavy atom. The molecule has 0 unspecified atom stereocenters. The van der Waals surface area contributed by atoms with E-state index in [9.17, 15) is 4.79 Å². The molecule has 14 heavy (non-hydrogen) atoms. The van der Waals surface area contributed by atoms with Crippen LogP contribution < -0.4 is 5.32 Å². The average molecular weight is 196 g/mol. The SMILES string of the molecule is CC(C)(C)CC(=O)NCc1cocn1.